The minimum atomic E-state index is -3.97. The van der Waals surface area contributed by atoms with Gasteiger partial charge in [-0.1, -0.05) is 0 Å². The van der Waals surface area contributed by atoms with Crippen LogP contribution in [0.25, 0.3) is 0 Å². The third-order valence-corrected chi connectivity index (χ3v) is 5.75. The summed E-state index contributed by atoms with van der Waals surface area (Å²) in [5, 5.41) is 2.93. The maximum atomic E-state index is 13.7. The van der Waals surface area contributed by atoms with Crippen molar-refractivity contribution in [2.45, 2.75) is 10.9 Å². The lowest BCUT2D eigenvalue weighted by Crippen LogP contribution is -2.57. The van der Waals surface area contributed by atoms with Crippen LogP contribution in [0, 0.1) is 11.6 Å². The molecule has 1 heterocycles. The van der Waals surface area contributed by atoms with Crippen molar-refractivity contribution in [1.29, 1.82) is 0 Å². The van der Waals surface area contributed by atoms with Crippen LogP contribution < -0.4 is 5.32 Å². The molecule has 1 aromatic carbocycles. The van der Waals surface area contributed by atoms with E-state index < -0.39 is 26.6 Å². The summed E-state index contributed by atoms with van der Waals surface area (Å²) in [6, 6.07) is 1.29. The molecule has 1 aliphatic rings. The van der Waals surface area contributed by atoms with Gasteiger partial charge in [-0.3, -0.25) is 0 Å². The Morgan fingerprint density at radius 1 is 1.39 bits per heavy atom. The molecular weight excluding hydrogens is 330 g/mol. The number of nitrogens with zero attached hydrogens (tertiary/aromatic N) is 1. The highest BCUT2D eigenvalue weighted by Gasteiger charge is 2.34. The van der Waals surface area contributed by atoms with Crippen molar-refractivity contribution in [2.75, 3.05) is 20.1 Å². The minimum Gasteiger partial charge on any atom is -0.313 e. The summed E-state index contributed by atoms with van der Waals surface area (Å²) >= 11 is 2.89. The van der Waals surface area contributed by atoms with Crippen molar-refractivity contribution >= 4 is 26.0 Å². The number of hydrogen-bond donors (Lipinski definition) is 1. The Bertz CT molecular complexity index is 552. The topological polar surface area (TPSA) is 49.4 Å². The van der Waals surface area contributed by atoms with Crippen molar-refractivity contribution in [2.24, 2.45) is 0 Å². The van der Waals surface area contributed by atoms with E-state index in [1.54, 1.807) is 0 Å². The summed E-state index contributed by atoms with van der Waals surface area (Å²) < 4.78 is 52.0. The Labute approximate surface area is 112 Å². The molecule has 0 aromatic heterocycles. The summed E-state index contributed by atoms with van der Waals surface area (Å²) in [6.07, 6.45) is 0. The number of nitrogens with one attached hydrogen (secondary N) is 1. The van der Waals surface area contributed by atoms with Crippen LogP contribution in [0.5, 0.6) is 0 Å². The van der Waals surface area contributed by atoms with Crippen molar-refractivity contribution in [3.8, 4) is 0 Å². The van der Waals surface area contributed by atoms with Gasteiger partial charge in [-0.25, -0.2) is 17.2 Å². The molecule has 0 aliphatic carbocycles. The molecule has 1 saturated heterocycles. The number of halogens is 3. The summed E-state index contributed by atoms with van der Waals surface area (Å²) in [4.78, 5) is -0.529. The molecule has 100 valence electrons. The SMILES string of the molecule is CN(C1CNC1)S(=O)(=O)c1c(F)cc(F)cc1Br. The van der Waals surface area contributed by atoms with E-state index in [2.05, 4.69) is 21.2 Å². The van der Waals surface area contributed by atoms with E-state index in [0.29, 0.717) is 19.2 Å². The van der Waals surface area contributed by atoms with E-state index in [-0.39, 0.29) is 10.5 Å². The van der Waals surface area contributed by atoms with Crippen LogP contribution in [-0.4, -0.2) is 38.9 Å². The molecule has 18 heavy (non-hydrogen) atoms. The van der Waals surface area contributed by atoms with Gasteiger partial charge in [-0.05, 0) is 22.0 Å². The molecule has 0 radical (unpaired) electrons. The molecule has 0 unspecified atom stereocenters. The standard InChI is InChI=1S/C10H11BrF2N2O2S/c1-15(7-4-14-5-7)18(16,17)10-8(11)2-6(12)3-9(10)13/h2-3,7,14H,4-5H2,1H3. The fourth-order valence-electron chi connectivity index (χ4n) is 1.65. The largest absolute Gasteiger partial charge is 0.313 e. The quantitative estimate of drug-likeness (QED) is 0.902. The molecule has 1 N–H and O–H groups in total. The van der Waals surface area contributed by atoms with Gasteiger partial charge in [0.15, 0.2) is 0 Å². The third kappa shape index (κ3) is 2.29. The molecule has 4 nitrogen and oxygen atoms in total. The molecule has 2 rings (SSSR count). The molecule has 0 amide bonds. The molecule has 1 aromatic rings. The average molecular weight is 341 g/mol. The number of rotatable bonds is 3. The smallest absolute Gasteiger partial charge is 0.247 e. The van der Waals surface area contributed by atoms with Crippen molar-refractivity contribution in [1.82, 2.24) is 9.62 Å². The van der Waals surface area contributed by atoms with Gasteiger partial charge in [-0.15, -0.1) is 0 Å². The zero-order valence-corrected chi connectivity index (χ0v) is 11.9. The highest BCUT2D eigenvalue weighted by molar-refractivity contribution is 9.10. The molecule has 8 heteroatoms. The van der Waals surface area contributed by atoms with Crippen LogP contribution in [0.3, 0.4) is 0 Å². The molecule has 1 aliphatic heterocycles. The van der Waals surface area contributed by atoms with E-state index in [1.165, 1.54) is 7.05 Å². The number of likely N-dealkylation sites (N-methyl/N-ethyl adjacent to an activating group) is 1. The van der Waals surface area contributed by atoms with Crippen molar-refractivity contribution in [3.63, 3.8) is 0 Å². The summed E-state index contributed by atoms with van der Waals surface area (Å²) in [5.41, 5.74) is 0. The average Bonchev–Trinajstić information content (AvgIpc) is 2.11. The van der Waals surface area contributed by atoms with Crippen LogP contribution in [-0.2, 0) is 10.0 Å². The van der Waals surface area contributed by atoms with Gasteiger partial charge >= 0.3 is 0 Å². The van der Waals surface area contributed by atoms with Gasteiger partial charge in [0.2, 0.25) is 10.0 Å². The minimum absolute atomic E-state index is 0.112. The van der Waals surface area contributed by atoms with Gasteiger partial charge in [0, 0.05) is 36.7 Å². The van der Waals surface area contributed by atoms with Gasteiger partial charge in [0.25, 0.3) is 0 Å². The monoisotopic (exact) mass is 340 g/mol. The van der Waals surface area contributed by atoms with E-state index in [0.717, 1.165) is 10.4 Å². The summed E-state index contributed by atoms with van der Waals surface area (Å²) in [6.45, 7) is 1.05. The molecule has 0 saturated carbocycles. The van der Waals surface area contributed by atoms with E-state index >= 15 is 0 Å². The van der Waals surface area contributed by atoms with Gasteiger partial charge in [0.05, 0.1) is 0 Å². The van der Waals surface area contributed by atoms with Gasteiger partial charge in [-0.2, -0.15) is 4.31 Å². The second-order valence-electron chi connectivity index (χ2n) is 4.03. The first kappa shape index (κ1) is 13.9. The lowest BCUT2D eigenvalue weighted by atomic mass is 10.2. The van der Waals surface area contributed by atoms with Crippen molar-refractivity contribution < 1.29 is 17.2 Å². The zero-order chi connectivity index (χ0) is 13.5. The third-order valence-electron chi connectivity index (χ3n) is 2.87. The second kappa shape index (κ2) is 4.84. The fourth-order valence-corrected chi connectivity index (χ4v) is 4.11. The van der Waals surface area contributed by atoms with Crippen LogP contribution in [0.2, 0.25) is 0 Å². The normalized spacial score (nSPS) is 16.9. The Kier molecular flexibility index (Phi) is 3.72. The molecular formula is C10H11BrF2N2O2S. The van der Waals surface area contributed by atoms with Crippen LogP contribution in [0.1, 0.15) is 0 Å². The summed E-state index contributed by atoms with van der Waals surface area (Å²) in [5.74, 6) is -1.92. The predicted octanol–water partition coefficient (Wildman–Crippen LogP) is 1.32. The Hall–Kier alpha value is -0.570. The maximum Gasteiger partial charge on any atom is 0.247 e. The van der Waals surface area contributed by atoms with Crippen LogP contribution in [0.4, 0.5) is 8.78 Å². The number of hydrogen-bond acceptors (Lipinski definition) is 3. The predicted molar refractivity (Wildman–Crippen MR) is 65.7 cm³/mol. The maximum absolute atomic E-state index is 13.7. The van der Waals surface area contributed by atoms with E-state index in [9.17, 15) is 17.2 Å². The number of sulfonamides is 1. The highest BCUT2D eigenvalue weighted by atomic mass is 79.9. The molecule has 0 atom stereocenters. The molecule has 0 spiro atoms. The lowest BCUT2D eigenvalue weighted by Gasteiger charge is -2.34. The zero-order valence-electron chi connectivity index (χ0n) is 9.45. The highest BCUT2D eigenvalue weighted by Crippen LogP contribution is 2.29. The summed E-state index contributed by atoms with van der Waals surface area (Å²) in [7, 11) is -2.59. The van der Waals surface area contributed by atoms with E-state index in [1.807, 2.05) is 0 Å². The van der Waals surface area contributed by atoms with Crippen molar-refractivity contribution in [3.05, 3.63) is 28.2 Å². The fraction of sp³-hybridized carbons (Fsp3) is 0.400. The Morgan fingerprint density at radius 3 is 2.44 bits per heavy atom. The van der Waals surface area contributed by atoms with Gasteiger partial charge < -0.3 is 5.32 Å². The first-order chi connectivity index (χ1) is 8.34. The van der Waals surface area contributed by atoms with Gasteiger partial charge in [0.1, 0.15) is 16.5 Å². The number of benzene rings is 1. The van der Waals surface area contributed by atoms with Crippen LogP contribution >= 0.6 is 15.9 Å². The van der Waals surface area contributed by atoms with Crippen LogP contribution in [0.15, 0.2) is 21.5 Å². The Morgan fingerprint density at radius 2 is 2.00 bits per heavy atom. The molecule has 1 fully saturated rings. The first-order valence-electron chi connectivity index (χ1n) is 5.17. The van der Waals surface area contributed by atoms with E-state index in [4.69, 9.17) is 0 Å². The Balaban J connectivity index is 2.47. The molecule has 0 bridgehead atoms. The second-order valence-corrected chi connectivity index (χ2v) is 6.82. The first-order valence-corrected chi connectivity index (χ1v) is 7.40. The lowest BCUT2D eigenvalue weighted by molar-refractivity contribution is 0.273.